The molecule has 156 valence electrons. The molecule has 5 nitrogen and oxygen atoms in total. The topological polar surface area (TPSA) is 75.3 Å². The summed E-state index contributed by atoms with van der Waals surface area (Å²) in [4.78, 5) is 13.4. The fourth-order valence-corrected chi connectivity index (χ4v) is 4.62. The Labute approximate surface area is 185 Å². The number of amides is 1. The van der Waals surface area contributed by atoms with Crippen LogP contribution >= 0.6 is 23.4 Å². The standard InChI is InChI=1S/C22H21ClN2O3S2/c1-15-3-13-21(14-4-15)30(27,28)25-19-9-11-20(12-10-19)29-16(2)22(26)24-18-7-5-17(23)6-8-18/h3-14,16,25H,1-2H3,(H,24,26). The minimum atomic E-state index is -3.65. The van der Waals surface area contributed by atoms with E-state index in [9.17, 15) is 13.2 Å². The number of rotatable bonds is 7. The van der Waals surface area contributed by atoms with Crippen molar-refractivity contribution in [3.63, 3.8) is 0 Å². The number of halogens is 1. The Morgan fingerprint density at radius 3 is 2.07 bits per heavy atom. The summed E-state index contributed by atoms with van der Waals surface area (Å²) >= 11 is 7.24. The highest BCUT2D eigenvalue weighted by molar-refractivity contribution is 8.00. The number of hydrogen-bond acceptors (Lipinski definition) is 4. The first-order valence-electron chi connectivity index (χ1n) is 9.15. The monoisotopic (exact) mass is 460 g/mol. The average molecular weight is 461 g/mol. The predicted octanol–water partition coefficient (Wildman–Crippen LogP) is 5.57. The lowest BCUT2D eigenvalue weighted by Crippen LogP contribution is -2.22. The number of nitrogens with one attached hydrogen (secondary N) is 2. The van der Waals surface area contributed by atoms with Crippen molar-refractivity contribution in [1.29, 1.82) is 0 Å². The van der Waals surface area contributed by atoms with Crippen LogP contribution in [0.25, 0.3) is 0 Å². The van der Waals surface area contributed by atoms with Gasteiger partial charge in [0.1, 0.15) is 0 Å². The molecule has 0 aromatic heterocycles. The van der Waals surface area contributed by atoms with E-state index in [-0.39, 0.29) is 16.1 Å². The molecule has 0 saturated heterocycles. The lowest BCUT2D eigenvalue weighted by Gasteiger charge is -2.13. The van der Waals surface area contributed by atoms with Gasteiger partial charge in [0.25, 0.3) is 10.0 Å². The van der Waals surface area contributed by atoms with Crippen LogP contribution in [0.5, 0.6) is 0 Å². The van der Waals surface area contributed by atoms with Gasteiger partial charge in [0.05, 0.1) is 10.1 Å². The molecule has 1 atom stereocenters. The van der Waals surface area contributed by atoms with Gasteiger partial charge in [0.15, 0.2) is 0 Å². The van der Waals surface area contributed by atoms with E-state index in [1.165, 1.54) is 11.8 Å². The molecule has 0 bridgehead atoms. The Kier molecular flexibility index (Phi) is 7.07. The molecular weight excluding hydrogens is 440 g/mol. The molecule has 1 unspecified atom stereocenters. The summed E-state index contributed by atoms with van der Waals surface area (Å²) in [5, 5.41) is 3.11. The van der Waals surface area contributed by atoms with E-state index in [4.69, 9.17) is 11.6 Å². The molecule has 3 rings (SSSR count). The van der Waals surface area contributed by atoms with Gasteiger partial charge in [-0.1, -0.05) is 29.3 Å². The smallest absolute Gasteiger partial charge is 0.261 e. The summed E-state index contributed by atoms with van der Waals surface area (Å²) in [5.41, 5.74) is 2.13. The van der Waals surface area contributed by atoms with Crippen molar-refractivity contribution in [3.8, 4) is 0 Å². The lowest BCUT2D eigenvalue weighted by atomic mass is 10.2. The first kappa shape index (κ1) is 22.2. The van der Waals surface area contributed by atoms with Gasteiger partial charge in [-0.15, -0.1) is 11.8 Å². The largest absolute Gasteiger partial charge is 0.325 e. The average Bonchev–Trinajstić information content (AvgIpc) is 2.71. The number of thioether (sulfide) groups is 1. The lowest BCUT2D eigenvalue weighted by molar-refractivity contribution is -0.115. The van der Waals surface area contributed by atoms with E-state index in [1.54, 1.807) is 72.8 Å². The van der Waals surface area contributed by atoms with Gasteiger partial charge < -0.3 is 5.32 Å². The van der Waals surface area contributed by atoms with Crippen molar-refractivity contribution in [2.45, 2.75) is 28.9 Å². The first-order chi connectivity index (χ1) is 14.2. The van der Waals surface area contributed by atoms with Gasteiger partial charge in [0, 0.05) is 21.3 Å². The number of anilines is 2. The molecule has 0 aliphatic rings. The van der Waals surface area contributed by atoms with Gasteiger partial charge in [-0.05, 0) is 74.5 Å². The summed E-state index contributed by atoms with van der Waals surface area (Å²) < 4.78 is 27.5. The third-order valence-electron chi connectivity index (χ3n) is 4.23. The van der Waals surface area contributed by atoms with Crippen LogP contribution in [0.2, 0.25) is 5.02 Å². The number of carbonyl (C=O) groups is 1. The molecule has 0 fully saturated rings. The molecule has 0 aliphatic heterocycles. The molecule has 30 heavy (non-hydrogen) atoms. The van der Waals surface area contributed by atoms with Crippen LogP contribution in [-0.2, 0) is 14.8 Å². The van der Waals surface area contributed by atoms with E-state index in [2.05, 4.69) is 10.0 Å². The van der Waals surface area contributed by atoms with Crippen LogP contribution in [0.4, 0.5) is 11.4 Å². The van der Waals surface area contributed by atoms with Crippen LogP contribution in [0.15, 0.2) is 82.6 Å². The number of hydrogen-bond donors (Lipinski definition) is 2. The van der Waals surface area contributed by atoms with Crippen LogP contribution in [0.3, 0.4) is 0 Å². The molecular formula is C22H21ClN2O3S2. The summed E-state index contributed by atoms with van der Waals surface area (Å²) in [7, 11) is -3.65. The highest BCUT2D eigenvalue weighted by Gasteiger charge is 2.16. The normalized spacial score (nSPS) is 12.2. The zero-order chi connectivity index (χ0) is 21.7. The first-order valence-corrected chi connectivity index (χ1v) is 11.9. The third kappa shape index (κ3) is 6.01. The fraction of sp³-hybridized carbons (Fsp3) is 0.136. The van der Waals surface area contributed by atoms with Crippen LogP contribution in [-0.4, -0.2) is 19.6 Å². The summed E-state index contributed by atoms with van der Waals surface area (Å²) in [6.07, 6.45) is 0. The zero-order valence-electron chi connectivity index (χ0n) is 16.4. The maximum Gasteiger partial charge on any atom is 0.261 e. The molecule has 0 heterocycles. The van der Waals surface area contributed by atoms with E-state index in [1.807, 2.05) is 13.8 Å². The van der Waals surface area contributed by atoms with Crippen molar-refractivity contribution in [1.82, 2.24) is 0 Å². The van der Waals surface area contributed by atoms with Crippen molar-refractivity contribution in [3.05, 3.63) is 83.4 Å². The Hall–Kier alpha value is -2.48. The number of benzene rings is 3. The molecule has 0 radical (unpaired) electrons. The Bertz CT molecular complexity index is 1110. The maximum absolute atomic E-state index is 12.5. The molecule has 3 aromatic rings. The van der Waals surface area contributed by atoms with Crippen molar-refractivity contribution < 1.29 is 13.2 Å². The number of carbonyl (C=O) groups excluding carboxylic acids is 1. The minimum Gasteiger partial charge on any atom is -0.325 e. The quantitative estimate of drug-likeness (QED) is 0.452. The summed E-state index contributed by atoms with van der Waals surface area (Å²) in [6, 6.07) is 20.5. The summed E-state index contributed by atoms with van der Waals surface area (Å²) in [5.74, 6) is -0.133. The number of aryl methyl sites for hydroxylation is 1. The van der Waals surface area contributed by atoms with Gasteiger partial charge in [-0.3, -0.25) is 9.52 Å². The molecule has 0 spiro atoms. The highest BCUT2D eigenvalue weighted by atomic mass is 35.5. The van der Waals surface area contributed by atoms with Crippen LogP contribution in [0, 0.1) is 6.92 Å². The SMILES string of the molecule is Cc1ccc(S(=O)(=O)Nc2ccc(SC(C)C(=O)Nc3ccc(Cl)cc3)cc2)cc1. The van der Waals surface area contributed by atoms with Crippen molar-refractivity contribution in [2.75, 3.05) is 10.0 Å². The van der Waals surface area contributed by atoms with Gasteiger partial charge in [-0.2, -0.15) is 0 Å². The van der Waals surface area contributed by atoms with E-state index >= 15 is 0 Å². The van der Waals surface area contributed by atoms with E-state index in [0.29, 0.717) is 16.4 Å². The zero-order valence-corrected chi connectivity index (χ0v) is 18.8. The minimum absolute atomic E-state index is 0.133. The van der Waals surface area contributed by atoms with E-state index < -0.39 is 10.0 Å². The third-order valence-corrected chi connectivity index (χ3v) is 6.99. The molecule has 3 aromatic carbocycles. The Balaban J connectivity index is 1.60. The second-order valence-electron chi connectivity index (χ2n) is 6.70. The second-order valence-corrected chi connectivity index (χ2v) is 10.2. The van der Waals surface area contributed by atoms with Gasteiger partial charge >= 0.3 is 0 Å². The summed E-state index contributed by atoms with van der Waals surface area (Å²) in [6.45, 7) is 3.71. The van der Waals surface area contributed by atoms with Gasteiger partial charge in [0.2, 0.25) is 5.91 Å². The number of sulfonamides is 1. The fourth-order valence-electron chi connectivity index (χ4n) is 2.57. The van der Waals surface area contributed by atoms with Gasteiger partial charge in [-0.25, -0.2) is 8.42 Å². The Morgan fingerprint density at radius 2 is 1.47 bits per heavy atom. The van der Waals surface area contributed by atoms with Crippen LogP contribution < -0.4 is 10.0 Å². The molecule has 1 amide bonds. The second kappa shape index (κ2) is 9.55. The van der Waals surface area contributed by atoms with E-state index in [0.717, 1.165) is 10.5 Å². The molecule has 0 aliphatic carbocycles. The molecule has 2 N–H and O–H groups in total. The van der Waals surface area contributed by atoms with Crippen molar-refractivity contribution >= 4 is 50.7 Å². The van der Waals surface area contributed by atoms with Crippen LogP contribution in [0.1, 0.15) is 12.5 Å². The highest BCUT2D eigenvalue weighted by Crippen LogP contribution is 2.26. The van der Waals surface area contributed by atoms with Crippen molar-refractivity contribution in [2.24, 2.45) is 0 Å². The Morgan fingerprint density at radius 1 is 0.900 bits per heavy atom. The maximum atomic E-state index is 12.5. The molecule has 0 saturated carbocycles. The molecule has 8 heteroatoms. The predicted molar refractivity (Wildman–Crippen MR) is 124 cm³/mol.